The molecular formula is C16H13N3O2S. The molecule has 0 atom stereocenters. The van der Waals surface area contributed by atoms with Crippen LogP contribution in [0.15, 0.2) is 48.4 Å². The van der Waals surface area contributed by atoms with Gasteiger partial charge >= 0.3 is 0 Å². The van der Waals surface area contributed by atoms with Crippen LogP contribution in [-0.2, 0) is 6.42 Å². The highest BCUT2D eigenvalue weighted by Crippen LogP contribution is 2.21. The first-order valence-corrected chi connectivity index (χ1v) is 7.56. The summed E-state index contributed by atoms with van der Waals surface area (Å²) < 4.78 is 5.63. The minimum absolute atomic E-state index is 0.0177. The smallest absolute Gasteiger partial charge is 0.169 e. The molecule has 0 radical (unpaired) electrons. The van der Waals surface area contributed by atoms with E-state index in [0.29, 0.717) is 23.5 Å². The highest BCUT2D eigenvalue weighted by molar-refractivity contribution is 7.09. The number of rotatable bonds is 5. The Hall–Kier alpha value is -2.60. The van der Waals surface area contributed by atoms with Crippen LogP contribution in [-0.4, -0.2) is 20.7 Å². The summed E-state index contributed by atoms with van der Waals surface area (Å²) in [6.45, 7) is 1.92. The van der Waals surface area contributed by atoms with Gasteiger partial charge in [0.15, 0.2) is 11.5 Å². The molecule has 0 saturated carbocycles. The molecule has 0 bridgehead atoms. The van der Waals surface area contributed by atoms with Crippen LogP contribution in [0.2, 0.25) is 0 Å². The highest BCUT2D eigenvalue weighted by atomic mass is 32.1. The van der Waals surface area contributed by atoms with E-state index in [4.69, 9.17) is 4.74 Å². The van der Waals surface area contributed by atoms with Crippen LogP contribution in [0.25, 0.3) is 0 Å². The van der Waals surface area contributed by atoms with E-state index in [0.717, 1.165) is 10.7 Å². The predicted octanol–water partition coefficient (Wildman–Crippen LogP) is 3.46. The summed E-state index contributed by atoms with van der Waals surface area (Å²) in [4.78, 5) is 24.4. The van der Waals surface area contributed by atoms with Gasteiger partial charge in [-0.15, -0.1) is 11.3 Å². The Morgan fingerprint density at radius 2 is 2.05 bits per heavy atom. The molecule has 22 heavy (non-hydrogen) atoms. The minimum Gasteiger partial charge on any atom is -0.454 e. The second-order valence-electron chi connectivity index (χ2n) is 4.69. The predicted molar refractivity (Wildman–Crippen MR) is 83.4 cm³/mol. The third kappa shape index (κ3) is 3.53. The number of benzene rings is 1. The molecule has 0 amide bonds. The van der Waals surface area contributed by atoms with Gasteiger partial charge < -0.3 is 4.74 Å². The molecule has 2 aromatic heterocycles. The zero-order valence-electron chi connectivity index (χ0n) is 11.9. The van der Waals surface area contributed by atoms with Crippen LogP contribution < -0.4 is 4.74 Å². The van der Waals surface area contributed by atoms with E-state index < -0.39 is 0 Å². The molecule has 0 saturated heterocycles. The number of hydrogen-bond donors (Lipinski definition) is 0. The van der Waals surface area contributed by atoms with E-state index in [1.165, 1.54) is 17.7 Å². The standard InChI is InChI=1S/C16H13N3O2S/c1-11-9-22-16(19-11)6-15(20)12-3-2-4-13(5-12)21-14-7-17-10-18-8-14/h2-5,7-10H,6H2,1H3. The first-order chi connectivity index (χ1) is 10.7. The zero-order valence-corrected chi connectivity index (χ0v) is 12.7. The largest absolute Gasteiger partial charge is 0.454 e. The van der Waals surface area contributed by atoms with Crippen molar-refractivity contribution in [3.05, 3.63) is 64.6 Å². The Morgan fingerprint density at radius 3 is 2.77 bits per heavy atom. The fourth-order valence-corrected chi connectivity index (χ4v) is 2.70. The third-order valence-electron chi connectivity index (χ3n) is 2.91. The number of ether oxygens (including phenoxy) is 1. The Morgan fingerprint density at radius 1 is 1.23 bits per heavy atom. The number of ketones is 1. The van der Waals surface area contributed by atoms with Crippen molar-refractivity contribution >= 4 is 17.1 Å². The number of Topliss-reactive ketones (excluding diaryl/α,β-unsaturated/α-hetero) is 1. The lowest BCUT2D eigenvalue weighted by atomic mass is 10.1. The summed E-state index contributed by atoms with van der Waals surface area (Å²) in [6.07, 6.45) is 4.87. The second-order valence-corrected chi connectivity index (χ2v) is 5.63. The lowest BCUT2D eigenvalue weighted by Crippen LogP contribution is -2.03. The molecule has 110 valence electrons. The fraction of sp³-hybridized carbons (Fsp3) is 0.125. The lowest BCUT2D eigenvalue weighted by molar-refractivity contribution is 0.0992. The van der Waals surface area contributed by atoms with Crippen LogP contribution in [0.4, 0.5) is 0 Å². The number of carbonyl (C=O) groups excluding carboxylic acids is 1. The van der Waals surface area contributed by atoms with Crippen molar-refractivity contribution < 1.29 is 9.53 Å². The summed E-state index contributed by atoms with van der Waals surface area (Å²) in [6, 6.07) is 7.07. The summed E-state index contributed by atoms with van der Waals surface area (Å²) in [5.41, 5.74) is 1.54. The SMILES string of the molecule is Cc1csc(CC(=O)c2cccc(Oc3cncnc3)c2)n1. The number of hydrogen-bond acceptors (Lipinski definition) is 6. The Bertz CT molecular complexity index is 787. The average Bonchev–Trinajstić information content (AvgIpc) is 2.93. The van der Waals surface area contributed by atoms with E-state index in [9.17, 15) is 4.79 Å². The molecule has 0 N–H and O–H groups in total. The quantitative estimate of drug-likeness (QED) is 0.675. The molecule has 3 aromatic rings. The number of aryl methyl sites for hydroxylation is 1. The van der Waals surface area contributed by atoms with Crippen molar-refractivity contribution in [2.24, 2.45) is 0 Å². The zero-order chi connectivity index (χ0) is 15.4. The van der Waals surface area contributed by atoms with E-state index in [2.05, 4.69) is 15.0 Å². The monoisotopic (exact) mass is 311 g/mol. The molecule has 5 nitrogen and oxygen atoms in total. The summed E-state index contributed by atoms with van der Waals surface area (Å²) in [7, 11) is 0. The van der Waals surface area contributed by atoms with Gasteiger partial charge in [-0.05, 0) is 19.1 Å². The van der Waals surface area contributed by atoms with Crippen LogP contribution in [0.1, 0.15) is 21.1 Å². The molecular weight excluding hydrogens is 298 g/mol. The minimum atomic E-state index is 0.0177. The molecule has 0 unspecified atom stereocenters. The lowest BCUT2D eigenvalue weighted by Gasteiger charge is -2.06. The molecule has 0 aliphatic carbocycles. The molecule has 0 spiro atoms. The van der Waals surface area contributed by atoms with Gasteiger partial charge in [0, 0.05) is 16.6 Å². The van der Waals surface area contributed by atoms with Gasteiger partial charge in [0.05, 0.1) is 18.8 Å². The summed E-state index contributed by atoms with van der Waals surface area (Å²) in [5.74, 6) is 1.13. The number of aromatic nitrogens is 3. The Kier molecular flexibility index (Phi) is 4.20. The topological polar surface area (TPSA) is 65.0 Å². The molecule has 0 fully saturated rings. The van der Waals surface area contributed by atoms with E-state index in [1.807, 2.05) is 12.3 Å². The van der Waals surface area contributed by atoms with Crippen molar-refractivity contribution in [3.63, 3.8) is 0 Å². The maximum Gasteiger partial charge on any atom is 0.169 e. The average molecular weight is 311 g/mol. The molecule has 2 heterocycles. The van der Waals surface area contributed by atoms with Gasteiger partial charge in [0.2, 0.25) is 0 Å². The molecule has 0 aliphatic heterocycles. The van der Waals surface area contributed by atoms with E-state index in [1.54, 1.807) is 36.7 Å². The Labute approximate surface area is 131 Å². The fourth-order valence-electron chi connectivity index (χ4n) is 1.93. The van der Waals surface area contributed by atoms with Gasteiger partial charge in [-0.25, -0.2) is 15.0 Å². The number of carbonyl (C=O) groups is 1. The van der Waals surface area contributed by atoms with Crippen LogP contribution >= 0.6 is 11.3 Å². The van der Waals surface area contributed by atoms with Crippen LogP contribution in [0.3, 0.4) is 0 Å². The molecule has 1 aromatic carbocycles. The van der Waals surface area contributed by atoms with Gasteiger partial charge in [-0.1, -0.05) is 12.1 Å². The van der Waals surface area contributed by atoms with Gasteiger partial charge in [0.1, 0.15) is 17.1 Å². The van der Waals surface area contributed by atoms with Gasteiger partial charge in [-0.3, -0.25) is 4.79 Å². The molecule has 3 rings (SSSR count). The normalized spacial score (nSPS) is 10.4. The van der Waals surface area contributed by atoms with E-state index >= 15 is 0 Å². The van der Waals surface area contributed by atoms with Crippen molar-refractivity contribution in [2.45, 2.75) is 13.3 Å². The van der Waals surface area contributed by atoms with Crippen LogP contribution in [0, 0.1) is 6.92 Å². The second kappa shape index (κ2) is 6.44. The van der Waals surface area contributed by atoms with Crippen LogP contribution in [0.5, 0.6) is 11.5 Å². The number of nitrogens with zero attached hydrogens (tertiary/aromatic N) is 3. The van der Waals surface area contributed by atoms with Gasteiger partial charge in [-0.2, -0.15) is 0 Å². The van der Waals surface area contributed by atoms with Gasteiger partial charge in [0.25, 0.3) is 0 Å². The maximum atomic E-state index is 12.3. The van der Waals surface area contributed by atoms with Crippen molar-refractivity contribution in [1.29, 1.82) is 0 Å². The van der Waals surface area contributed by atoms with Crippen molar-refractivity contribution in [3.8, 4) is 11.5 Å². The maximum absolute atomic E-state index is 12.3. The Balaban J connectivity index is 1.74. The van der Waals surface area contributed by atoms with Crippen molar-refractivity contribution in [1.82, 2.24) is 15.0 Å². The van der Waals surface area contributed by atoms with E-state index in [-0.39, 0.29) is 5.78 Å². The van der Waals surface area contributed by atoms with Crippen molar-refractivity contribution in [2.75, 3.05) is 0 Å². The summed E-state index contributed by atoms with van der Waals surface area (Å²) >= 11 is 1.50. The molecule has 6 heteroatoms. The first kappa shape index (κ1) is 14.3. The number of thiazole rings is 1. The first-order valence-electron chi connectivity index (χ1n) is 6.68. The highest BCUT2D eigenvalue weighted by Gasteiger charge is 2.11. The summed E-state index contributed by atoms with van der Waals surface area (Å²) in [5, 5.41) is 2.77. The molecule has 0 aliphatic rings. The third-order valence-corrected chi connectivity index (χ3v) is 3.87.